The minimum atomic E-state index is -0.455. The van der Waals surface area contributed by atoms with Crippen LogP contribution in [0.2, 0.25) is 5.02 Å². The zero-order chi connectivity index (χ0) is 14.8. The molecule has 0 bridgehead atoms. The van der Waals surface area contributed by atoms with Gasteiger partial charge in [-0.25, -0.2) is 0 Å². The molecular formula is C15H19ClN2O3. The van der Waals surface area contributed by atoms with E-state index in [4.69, 9.17) is 21.1 Å². The van der Waals surface area contributed by atoms with Crippen molar-refractivity contribution in [2.75, 3.05) is 44.3 Å². The second-order valence-electron chi connectivity index (χ2n) is 5.32. The second kappa shape index (κ2) is 6.22. The molecule has 1 fully saturated rings. The van der Waals surface area contributed by atoms with Gasteiger partial charge >= 0.3 is 0 Å². The Morgan fingerprint density at radius 3 is 2.81 bits per heavy atom. The number of anilines is 1. The fraction of sp³-hybridized carbons (Fsp3) is 0.533. The Labute approximate surface area is 129 Å². The van der Waals surface area contributed by atoms with E-state index in [9.17, 15) is 4.79 Å². The monoisotopic (exact) mass is 310 g/mol. The fourth-order valence-corrected chi connectivity index (χ4v) is 2.84. The minimum Gasteiger partial charge on any atom is -0.479 e. The lowest BCUT2D eigenvalue weighted by molar-refractivity contribution is -0.125. The first-order valence-corrected chi connectivity index (χ1v) is 7.60. The van der Waals surface area contributed by atoms with Gasteiger partial charge in [0.05, 0.1) is 18.9 Å². The van der Waals surface area contributed by atoms with Gasteiger partial charge in [-0.15, -0.1) is 0 Å². The Morgan fingerprint density at radius 1 is 1.29 bits per heavy atom. The molecule has 1 aromatic carbocycles. The van der Waals surface area contributed by atoms with Crippen LogP contribution < -0.4 is 9.64 Å². The molecule has 0 saturated carbocycles. The molecule has 0 aromatic heterocycles. The maximum absolute atomic E-state index is 12.4. The van der Waals surface area contributed by atoms with Crippen molar-refractivity contribution in [2.45, 2.75) is 13.0 Å². The highest BCUT2D eigenvalue weighted by molar-refractivity contribution is 6.31. The molecular weight excluding hydrogens is 292 g/mol. The largest absolute Gasteiger partial charge is 0.479 e. The van der Waals surface area contributed by atoms with E-state index in [0.717, 1.165) is 38.5 Å². The Bertz CT molecular complexity index is 532. The van der Waals surface area contributed by atoms with Gasteiger partial charge in [-0.1, -0.05) is 11.6 Å². The number of carbonyl (C=O) groups excluding carboxylic acids is 1. The van der Waals surface area contributed by atoms with E-state index in [0.29, 0.717) is 17.3 Å². The van der Waals surface area contributed by atoms with E-state index in [2.05, 4.69) is 4.90 Å². The summed E-state index contributed by atoms with van der Waals surface area (Å²) in [6, 6.07) is 5.39. The average molecular weight is 311 g/mol. The van der Waals surface area contributed by atoms with Crippen LogP contribution in [0.1, 0.15) is 6.92 Å². The summed E-state index contributed by atoms with van der Waals surface area (Å²) in [7, 11) is 0. The van der Waals surface area contributed by atoms with E-state index < -0.39 is 6.10 Å². The maximum Gasteiger partial charge on any atom is 0.267 e. The number of hydrogen-bond acceptors (Lipinski definition) is 4. The van der Waals surface area contributed by atoms with Crippen molar-refractivity contribution >= 4 is 23.2 Å². The average Bonchev–Trinajstić information content (AvgIpc) is 2.49. The van der Waals surface area contributed by atoms with Gasteiger partial charge in [0, 0.05) is 31.2 Å². The van der Waals surface area contributed by atoms with Crippen LogP contribution in [-0.4, -0.2) is 56.3 Å². The SMILES string of the molecule is CC1Oc2ccc(Cl)cc2N(CCN2CCOCC2)C1=O. The molecule has 5 nitrogen and oxygen atoms in total. The molecule has 6 heteroatoms. The van der Waals surface area contributed by atoms with Crippen molar-refractivity contribution in [3.05, 3.63) is 23.2 Å². The molecule has 114 valence electrons. The summed E-state index contributed by atoms with van der Waals surface area (Å²) in [6.45, 7) is 6.59. The molecule has 0 N–H and O–H groups in total. The minimum absolute atomic E-state index is 0.0157. The first kappa shape index (κ1) is 14.6. The molecule has 1 saturated heterocycles. The molecule has 21 heavy (non-hydrogen) atoms. The molecule has 2 heterocycles. The van der Waals surface area contributed by atoms with Gasteiger partial charge in [0.15, 0.2) is 6.10 Å². The van der Waals surface area contributed by atoms with Crippen molar-refractivity contribution < 1.29 is 14.3 Å². The Hall–Kier alpha value is -1.30. The summed E-state index contributed by atoms with van der Waals surface area (Å²) in [5.41, 5.74) is 0.763. The molecule has 0 radical (unpaired) electrons. The highest BCUT2D eigenvalue weighted by atomic mass is 35.5. The first-order chi connectivity index (χ1) is 10.1. The summed E-state index contributed by atoms with van der Waals surface area (Å²) in [4.78, 5) is 16.5. The molecule has 1 atom stereocenters. The number of halogens is 1. The number of hydrogen-bond donors (Lipinski definition) is 0. The Balaban J connectivity index is 1.76. The van der Waals surface area contributed by atoms with E-state index in [1.54, 1.807) is 24.0 Å². The molecule has 3 rings (SSSR count). The zero-order valence-electron chi connectivity index (χ0n) is 12.0. The molecule has 2 aliphatic heterocycles. The zero-order valence-corrected chi connectivity index (χ0v) is 12.8. The lowest BCUT2D eigenvalue weighted by Gasteiger charge is -2.35. The van der Waals surface area contributed by atoms with Crippen LogP contribution in [-0.2, 0) is 9.53 Å². The number of benzene rings is 1. The fourth-order valence-electron chi connectivity index (χ4n) is 2.68. The summed E-state index contributed by atoms with van der Waals surface area (Å²) in [5, 5.41) is 0.607. The first-order valence-electron chi connectivity index (χ1n) is 7.23. The lowest BCUT2D eigenvalue weighted by Crippen LogP contribution is -2.48. The number of rotatable bonds is 3. The number of ether oxygens (including phenoxy) is 2. The van der Waals surface area contributed by atoms with E-state index >= 15 is 0 Å². The lowest BCUT2D eigenvalue weighted by atomic mass is 10.2. The van der Waals surface area contributed by atoms with Gasteiger partial charge < -0.3 is 14.4 Å². The molecule has 1 unspecified atom stereocenters. The predicted octanol–water partition coefficient (Wildman–Crippen LogP) is 1.79. The van der Waals surface area contributed by atoms with Crippen molar-refractivity contribution in [3.63, 3.8) is 0 Å². The normalized spacial score (nSPS) is 22.9. The van der Waals surface area contributed by atoms with Crippen molar-refractivity contribution in [2.24, 2.45) is 0 Å². The maximum atomic E-state index is 12.4. The van der Waals surface area contributed by atoms with Crippen molar-refractivity contribution in [1.82, 2.24) is 4.90 Å². The number of amides is 1. The highest BCUT2D eigenvalue weighted by Gasteiger charge is 2.31. The summed E-state index contributed by atoms with van der Waals surface area (Å²) in [6.07, 6.45) is -0.455. The summed E-state index contributed by atoms with van der Waals surface area (Å²) < 4.78 is 11.0. The Kier molecular flexibility index (Phi) is 4.33. The predicted molar refractivity (Wildman–Crippen MR) is 81.2 cm³/mol. The molecule has 0 spiro atoms. The molecule has 1 amide bonds. The van der Waals surface area contributed by atoms with Crippen molar-refractivity contribution in [1.29, 1.82) is 0 Å². The van der Waals surface area contributed by atoms with Crippen LogP contribution in [0.4, 0.5) is 5.69 Å². The van der Waals surface area contributed by atoms with Gasteiger partial charge in [0.2, 0.25) is 0 Å². The standard InChI is InChI=1S/C15H19ClN2O3/c1-11-15(19)18(5-4-17-6-8-20-9-7-17)13-10-12(16)2-3-14(13)21-11/h2-3,10-11H,4-9H2,1H3. The molecule has 2 aliphatic rings. The number of nitrogens with zero attached hydrogens (tertiary/aromatic N) is 2. The smallest absolute Gasteiger partial charge is 0.267 e. The third kappa shape index (κ3) is 3.15. The quantitative estimate of drug-likeness (QED) is 0.853. The van der Waals surface area contributed by atoms with Crippen LogP contribution in [0.3, 0.4) is 0 Å². The van der Waals surface area contributed by atoms with Crippen LogP contribution in [0.5, 0.6) is 5.75 Å². The Morgan fingerprint density at radius 2 is 2.05 bits per heavy atom. The van der Waals surface area contributed by atoms with Gasteiger partial charge in [-0.05, 0) is 25.1 Å². The number of morpholine rings is 1. The van der Waals surface area contributed by atoms with E-state index in [1.165, 1.54) is 0 Å². The third-order valence-electron chi connectivity index (χ3n) is 3.87. The van der Waals surface area contributed by atoms with Gasteiger partial charge in [0.1, 0.15) is 5.75 Å². The second-order valence-corrected chi connectivity index (χ2v) is 5.75. The highest BCUT2D eigenvalue weighted by Crippen LogP contribution is 2.36. The van der Waals surface area contributed by atoms with Crippen molar-refractivity contribution in [3.8, 4) is 5.75 Å². The number of fused-ring (bicyclic) bond motifs is 1. The third-order valence-corrected chi connectivity index (χ3v) is 4.11. The van der Waals surface area contributed by atoms with E-state index in [1.807, 2.05) is 6.07 Å². The van der Waals surface area contributed by atoms with Crippen LogP contribution in [0, 0.1) is 0 Å². The molecule has 1 aromatic rings. The number of carbonyl (C=O) groups is 1. The van der Waals surface area contributed by atoms with Crippen LogP contribution in [0.15, 0.2) is 18.2 Å². The van der Waals surface area contributed by atoms with Crippen LogP contribution in [0.25, 0.3) is 0 Å². The van der Waals surface area contributed by atoms with Gasteiger partial charge in [0.25, 0.3) is 5.91 Å². The van der Waals surface area contributed by atoms with Gasteiger partial charge in [-0.2, -0.15) is 0 Å². The van der Waals surface area contributed by atoms with Crippen LogP contribution >= 0.6 is 11.6 Å². The summed E-state index contributed by atoms with van der Waals surface area (Å²) >= 11 is 6.05. The summed E-state index contributed by atoms with van der Waals surface area (Å²) in [5.74, 6) is 0.700. The van der Waals surface area contributed by atoms with E-state index in [-0.39, 0.29) is 5.91 Å². The molecule has 0 aliphatic carbocycles. The topological polar surface area (TPSA) is 42.0 Å². The van der Waals surface area contributed by atoms with Gasteiger partial charge in [-0.3, -0.25) is 9.69 Å².